The molecule has 114 valence electrons. The Hall–Kier alpha value is -1.83. The van der Waals surface area contributed by atoms with Gasteiger partial charge in [0, 0.05) is 6.54 Å². The van der Waals surface area contributed by atoms with Gasteiger partial charge in [0.1, 0.15) is 16.4 Å². The second-order valence-electron chi connectivity index (χ2n) is 4.42. The van der Waals surface area contributed by atoms with Crippen LogP contribution in [0, 0.1) is 0 Å². The predicted molar refractivity (Wildman–Crippen MR) is 78.5 cm³/mol. The second kappa shape index (κ2) is 6.75. The molecule has 0 aliphatic heterocycles. The Balaban J connectivity index is 2.26. The van der Waals surface area contributed by atoms with Crippen LogP contribution in [0.3, 0.4) is 0 Å². The SMILES string of the molecule is CNCc1ccc(OC)c(S(=O)(=O)NCc2ccco2)c1. The van der Waals surface area contributed by atoms with Gasteiger partial charge in [-0.25, -0.2) is 13.1 Å². The lowest BCUT2D eigenvalue weighted by molar-refractivity contribution is 0.401. The average Bonchev–Trinajstić information content (AvgIpc) is 2.99. The van der Waals surface area contributed by atoms with Crippen LogP contribution in [-0.4, -0.2) is 22.6 Å². The number of methoxy groups -OCH3 is 1. The van der Waals surface area contributed by atoms with E-state index in [1.807, 2.05) is 6.07 Å². The Labute approximate surface area is 124 Å². The number of nitrogens with one attached hydrogen (secondary N) is 2. The zero-order valence-electron chi connectivity index (χ0n) is 11.9. The molecule has 0 saturated heterocycles. The molecule has 1 heterocycles. The Morgan fingerprint density at radius 2 is 2.05 bits per heavy atom. The highest BCUT2D eigenvalue weighted by Crippen LogP contribution is 2.25. The standard InChI is InChI=1S/C14H18N2O4S/c1-15-9-11-5-6-13(19-2)14(8-11)21(17,18)16-10-12-4-3-7-20-12/h3-8,15-16H,9-10H2,1-2H3. The van der Waals surface area contributed by atoms with Crippen molar-refractivity contribution in [2.75, 3.05) is 14.2 Å². The first-order chi connectivity index (χ1) is 10.1. The fourth-order valence-electron chi connectivity index (χ4n) is 1.90. The van der Waals surface area contributed by atoms with Crippen LogP contribution in [-0.2, 0) is 23.1 Å². The maximum atomic E-state index is 12.4. The molecule has 0 saturated carbocycles. The summed E-state index contributed by atoms with van der Waals surface area (Å²) in [6.07, 6.45) is 1.50. The first kappa shape index (κ1) is 15.6. The van der Waals surface area contributed by atoms with Gasteiger partial charge in [0.15, 0.2) is 0 Å². The minimum Gasteiger partial charge on any atom is -0.495 e. The Kier molecular flexibility index (Phi) is 5.00. The van der Waals surface area contributed by atoms with E-state index < -0.39 is 10.0 Å². The summed E-state index contributed by atoms with van der Waals surface area (Å²) in [5.74, 6) is 0.853. The van der Waals surface area contributed by atoms with Gasteiger partial charge >= 0.3 is 0 Å². The van der Waals surface area contributed by atoms with Gasteiger partial charge < -0.3 is 14.5 Å². The predicted octanol–water partition coefficient (Wildman–Crippen LogP) is 1.49. The van der Waals surface area contributed by atoms with Gasteiger partial charge in [-0.05, 0) is 36.9 Å². The zero-order chi connectivity index (χ0) is 15.3. The highest BCUT2D eigenvalue weighted by molar-refractivity contribution is 7.89. The lowest BCUT2D eigenvalue weighted by atomic mass is 10.2. The third kappa shape index (κ3) is 3.84. The first-order valence-corrected chi connectivity index (χ1v) is 7.88. The molecule has 2 rings (SSSR count). The molecule has 0 aliphatic rings. The Morgan fingerprint density at radius 1 is 1.24 bits per heavy atom. The molecule has 21 heavy (non-hydrogen) atoms. The summed E-state index contributed by atoms with van der Waals surface area (Å²) >= 11 is 0. The van der Waals surface area contributed by atoms with E-state index >= 15 is 0 Å². The summed E-state index contributed by atoms with van der Waals surface area (Å²) in [4.78, 5) is 0.115. The van der Waals surface area contributed by atoms with Crippen LogP contribution >= 0.6 is 0 Å². The van der Waals surface area contributed by atoms with Gasteiger partial charge in [-0.3, -0.25) is 0 Å². The van der Waals surface area contributed by atoms with Gasteiger partial charge in [0.05, 0.1) is 19.9 Å². The molecular weight excluding hydrogens is 292 g/mol. The monoisotopic (exact) mass is 310 g/mol. The van der Waals surface area contributed by atoms with E-state index in [4.69, 9.17) is 9.15 Å². The van der Waals surface area contributed by atoms with Crippen molar-refractivity contribution in [2.45, 2.75) is 18.0 Å². The normalized spacial score (nSPS) is 11.5. The van der Waals surface area contributed by atoms with Crippen LogP contribution in [0.2, 0.25) is 0 Å². The van der Waals surface area contributed by atoms with E-state index in [9.17, 15) is 8.42 Å². The van der Waals surface area contributed by atoms with Crippen molar-refractivity contribution >= 4 is 10.0 Å². The first-order valence-electron chi connectivity index (χ1n) is 6.40. The van der Waals surface area contributed by atoms with E-state index in [1.165, 1.54) is 13.4 Å². The zero-order valence-corrected chi connectivity index (χ0v) is 12.7. The van der Waals surface area contributed by atoms with Crippen LogP contribution in [0.15, 0.2) is 45.9 Å². The van der Waals surface area contributed by atoms with Gasteiger partial charge in [-0.1, -0.05) is 6.07 Å². The maximum Gasteiger partial charge on any atom is 0.244 e. The number of furan rings is 1. The number of hydrogen-bond donors (Lipinski definition) is 2. The van der Waals surface area contributed by atoms with E-state index in [0.717, 1.165) is 5.56 Å². The minimum atomic E-state index is -3.68. The summed E-state index contributed by atoms with van der Waals surface area (Å²) in [6, 6.07) is 8.48. The van der Waals surface area contributed by atoms with Crippen LogP contribution in [0.25, 0.3) is 0 Å². The molecule has 2 aromatic rings. The molecule has 0 bridgehead atoms. The van der Waals surface area contributed by atoms with E-state index in [1.54, 1.807) is 31.3 Å². The lowest BCUT2D eigenvalue weighted by Gasteiger charge is -2.12. The molecule has 0 spiro atoms. The fourth-order valence-corrected chi connectivity index (χ4v) is 3.11. The smallest absolute Gasteiger partial charge is 0.244 e. The third-order valence-corrected chi connectivity index (χ3v) is 4.34. The van der Waals surface area contributed by atoms with Crippen LogP contribution in [0.1, 0.15) is 11.3 Å². The van der Waals surface area contributed by atoms with Crippen molar-refractivity contribution in [2.24, 2.45) is 0 Å². The molecule has 0 aliphatic carbocycles. The van der Waals surface area contributed by atoms with Gasteiger partial charge in [0.2, 0.25) is 10.0 Å². The lowest BCUT2D eigenvalue weighted by Crippen LogP contribution is -2.24. The van der Waals surface area contributed by atoms with Crippen LogP contribution in [0.5, 0.6) is 5.75 Å². The molecule has 7 heteroatoms. The van der Waals surface area contributed by atoms with E-state index in [0.29, 0.717) is 18.1 Å². The van der Waals surface area contributed by atoms with E-state index in [-0.39, 0.29) is 11.4 Å². The molecule has 2 N–H and O–H groups in total. The molecule has 0 amide bonds. The van der Waals surface area contributed by atoms with Crippen molar-refractivity contribution in [3.8, 4) is 5.75 Å². The molecule has 0 atom stereocenters. The minimum absolute atomic E-state index is 0.0920. The van der Waals surface area contributed by atoms with Crippen molar-refractivity contribution in [3.05, 3.63) is 47.9 Å². The third-order valence-electron chi connectivity index (χ3n) is 2.91. The van der Waals surface area contributed by atoms with Crippen molar-refractivity contribution in [1.82, 2.24) is 10.0 Å². The quantitative estimate of drug-likeness (QED) is 0.810. The van der Waals surface area contributed by atoms with Crippen LogP contribution in [0.4, 0.5) is 0 Å². The topological polar surface area (TPSA) is 80.6 Å². The summed E-state index contributed by atoms with van der Waals surface area (Å²) in [6.45, 7) is 0.666. The van der Waals surface area contributed by atoms with Crippen molar-refractivity contribution in [3.63, 3.8) is 0 Å². The van der Waals surface area contributed by atoms with Crippen molar-refractivity contribution in [1.29, 1.82) is 0 Å². The van der Waals surface area contributed by atoms with Crippen molar-refractivity contribution < 1.29 is 17.6 Å². The van der Waals surface area contributed by atoms with Crippen LogP contribution < -0.4 is 14.8 Å². The largest absolute Gasteiger partial charge is 0.495 e. The molecule has 0 fully saturated rings. The fraction of sp³-hybridized carbons (Fsp3) is 0.286. The molecular formula is C14H18N2O4S. The number of sulfonamides is 1. The summed E-state index contributed by atoms with van der Waals surface area (Å²) in [5.41, 5.74) is 0.858. The highest BCUT2D eigenvalue weighted by Gasteiger charge is 2.20. The average molecular weight is 310 g/mol. The maximum absolute atomic E-state index is 12.4. The summed E-state index contributed by atoms with van der Waals surface area (Å²) in [7, 11) is -0.440. The number of hydrogen-bond acceptors (Lipinski definition) is 5. The van der Waals surface area contributed by atoms with Gasteiger partial charge in [-0.15, -0.1) is 0 Å². The van der Waals surface area contributed by atoms with Gasteiger partial charge in [0.25, 0.3) is 0 Å². The van der Waals surface area contributed by atoms with E-state index in [2.05, 4.69) is 10.0 Å². The number of ether oxygens (including phenoxy) is 1. The summed E-state index contributed by atoms with van der Waals surface area (Å²) < 4.78 is 37.6. The van der Waals surface area contributed by atoms with Gasteiger partial charge in [-0.2, -0.15) is 0 Å². The Bertz CT molecular complexity index is 681. The molecule has 0 unspecified atom stereocenters. The second-order valence-corrected chi connectivity index (χ2v) is 6.15. The highest BCUT2D eigenvalue weighted by atomic mass is 32.2. The molecule has 6 nitrogen and oxygen atoms in total. The molecule has 0 radical (unpaired) electrons. The summed E-state index contributed by atoms with van der Waals surface area (Å²) in [5, 5.41) is 2.98. The number of rotatable bonds is 7. The molecule has 1 aromatic heterocycles. The number of benzene rings is 1. The molecule has 1 aromatic carbocycles. The Morgan fingerprint density at radius 3 is 2.67 bits per heavy atom.